The molecule has 4 heteroatoms. The highest BCUT2D eigenvalue weighted by Crippen LogP contribution is 2.24. The molecule has 0 unspecified atom stereocenters. The van der Waals surface area contributed by atoms with Gasteiger partial charge in [-0.2, -0.15) is 5.10 Å². The first-order chi connectivity index (χ1) is 6.77. The number of benzene rings is 1. The van der Waals surface area contributed by atoms with Crippen LogP contribution in [0, 0.1) is 6.07 Å². The maximum Gasteiger partial charge on any atom is 0.264 e. The number of nitrogens with zero attached hydrogens (tertiary/aromatic N) is 1. The molecule has 0 atom stereocenters. The maximum atomic E-state index is 10.8. The summed E-state index contributed by atoms with van der Waals surface area (Å²) >= 11 is 5.94. The highest BCUT2D eigenvalue weighted by atomic mass is 35.5. The van der Waals surface area contributed by atoms with Crippen LogP contribution in [0.4, 0.5) is 0 Å². The molecule has 1 aromatic heterocycles. The summed E-state index contributed by atoms with van der Waals surface area (Å²) in [6.45, 7) is 0. The molecular weight excluding hydrogens is 200 g/mol. The van der Waals surface area contributed by atoms with Crippen LogP contribution >= 0.6 is 11.6 Å². The molecule has 0 amide bonds. The van der Waals surface area contributed by atoms with E-state index in [0.29, 0.717) is 10.7 Å². The Labute approximate surface area is 85.4 Å². The fourth-order valence-electron chi connectivity index (χ4n) is 1.11. The second-order valence-electron chi connectivity index (χ2n) is 2.71. The summed E-state index contributed by atoms with van der Waals surface area (Å²) in [5, 5.41) is 6.79. The molecule has 1 N–H and O–H groups in total. The summed E-state index contributed by atoms with van der Waals surface area (Å²) < 4.78 is 0. The molecule has 0 saturated carbocycles. The van der Waals surface area contributed by atoms with Gasteiger partial charge in [0.25, 0.3) is 5.56 Å². The number of hydrogen-bond donors (Lipinski definition) is 1. The van der Waals surface area contributed by atoms with Crippen molar-refractivity contribution in [3.05, 3.63) is 51.8 Å². The van der Waals surface area contributed by atoms with Crippen molar-refractivity contribution in [2.45, 2.75) is 0 Å². The van der Waals surface area contributed by atoms with Crippen LogP contribution in [-0.4, -0.2) is 10.2 Å². The van der Waals surface area contributed by atoms with E-state index in [4.69, 9.17) is 11.6 Å². The van der Waals surface area contributed by atoms with E-state index in [1.807, 2.05) is 0 Å². The molecule has 0 aliphatic carbocycles. The first-order valence-corrected chi connectivity index (χ1v) is 4.37. The van der Waals surface area contributed by atoms with Crippen LogP contribution < -0.4 is 5.56 Å². The van der Waals surface area contributed by atoms with Crippen LogP contribution in [0.5, 0.6) is 0 Å². The molecular formula is C10H6ClN2O. The van der Waals surface area contributed by atoms with Crippen molar-refractivity contribution in [1.82, 2.24) is 10.2 Å². The van der Waals surface area contributed by atoms with Gasteiger partial charge in [-0.1, -0.05) is 23.7 Å². The smallest absolute Gasteiger partial charge is 0.264 e. The molecule has 0 aliphatic rings. The summed E-state index contributed by atoms with van der Waals surface area (Å²) in [6.07, 6.45) is 0. The van der Waals surface area contributed by atoms with Crippen LogP contribution in [0.25, 0.3) is 11.3 Å². The van der Waals surface area contributed by atoms with Gasteiger partial charge in [0.1, 0.15) is 0 Å². The van der Waals surface area contributed by atoms with Crippen LogP contribution in [0.3, 0.4) is 0 Å². The SMILES string of the molecule is O=c1ccc(-c2cc[c]cc2Cl)n[nH]1. The Kier molecular flexibility index (Phi) is 2.33. The molecule has 1 heterocycles. The third kappa shape index (κ3) is 1.67. The Hall–Kier alpha value is -1.61. The molecule has 2 aromatic rings. The fraction of sp³-hybridized carbons (Fsp3) is 0. The standard InChI is InChI=1S/C10H6ClN2O/c11-8-4-2-1-3-7(8)9-5-6-10(14)13-12-9/h1,3-6H,(H,13,14). The second-order valence-corrected chi connectivity index (χ2v) is 3.12. The maximum absolute atomic E-state index is 10.8. The first kappa shape index (κ1) is 8.97. The van der Waals surface area contributed by atoms with Gasteiger partial charge in [-0.3, -0.25) is 4.79 Å². The van der Waals surface area contributed by atoms with Crippen molar-refractivity contribution in [1.29, 1.82) is 0 Å². The summed E-state index contributed by atoms with van der Waals surface area (Å²) in [7, 11) is 0. The van der Waals surface area contributed by atoms with Crippen LogP contribution in [-0.2, 0) is 0 Å². The molecule has 1 aromatic carbocycles. The van der Waals surface area contributed by atoms with Gasteiger partial charge >= 0.3 is 0 Å². The predicted molar refractivity (Wildman–Crippen MR) is 54.1 cm³/mol. The Morgan fingerprint density at radius 3 is 2.86 bits per heavy atom. The molecule has 0 saturated heterocycles. The van der Waals surface area contributed by atoms with Gasteiger partial charge in [0.05, 0.1) is 10.7 Å². The Morgan fingerprint density at radius 2 is 2.21 bits per heavy atom. The number of halogens is 1. The van der Waals surface area contributed by atoms with Gasteiger partial charge in [-0.05, 0) is 18.2 Å². The minimum absolute atomic E-state index is 0.229. The van der Waals surface area contributed by atoms with Crippen molar-refractivity contribution in [2.75, 3.05) is 0 Å². The topological polar surface area (TPSA) is 45.8 Å². The number of rotatable bonds is 1. The number of nitrogens with one attached hydrogen (secondary N) is 1. The third-order valence-electron chi connectivity index (χ3n) is 1.77. The molecule has 3 nitrogen and oxygen atoms in total. The zero-order chi connectivity index (χ0) is 9.97. The van der Waals surface area contributed by atoms with Crippen molar-refractivity contribution in [3.63, 3.8) is 0 Å². The van der Waals surface area contributed by atoms with E-state index in [1.54, 1.807) is 24.3 Å². The lowest BCUT2D eigenvalue weighted by Crippen LogP contribution is -2.05. The number of aromatic amines is 1. The number of H-pyrrole nitrogens is 1. The minimum atomic E-state index is -0.229. The normalized spacial score (nSPS) is 10.1. The molecule has 0 aliphatic heterocycles. The fourth-order valence-corrected chi connectivity index (χ4v) is 1.34. The zero-order valence-electron chi connectivity index (χ0n) is 7.12. The highest BCUT2D eigenvalue weighted by molar-refractivity contribution is 6.33. The molecule has 2 rings (SSSR count). The summed E-state index contributed by atoms with van der Waals surface area (Å²) in [5.74, 6) is 0. The third-order valence-corrected chi connectivity index (χ3v) is 2.08. The zero-order valence-corrected chi connectivity index (χ0v) is 7.88. The minimum Gasteiger partial charge on any atom is -0.268 e. The number of aromatic nitrogens is 2. The van der Waals surface area contributed by atoms with Crippen molar-refractivity contribution in [2.24, 2.45) is 0 Å². The van der Waals surface area contributed by atoms with Crippen LogP contribution in [0.2, 0.25) is 5.02 Å². The Morgan fingerprint density at radius 1 is 1.36 bits per heavy atom. The lowest BCUT2D eigenvalue weighted by Gasteiger charge is -2.00. The molecule has 1 radical (unpaired) electrons. The average molecular weight is 206 g/mol. The Balaban J connectivity index is 2.55. The van der Waals surface area contributed by atoms with E-state index < -0.39 is 0 Å². The highest BCUT2D eigenvalue weighted by Gasteiger charge is 2.02. The van der Waals surface area contributed by atoms with Gasteiger partial charge in [-0.15, -0.1) is 0 Å². The summed E-state index contributed by atoms with van der Waals surface area (Å²) in [6, 6.07) is 11.1. The van der Waals surface area contributed by atoms with E-state index in [1.165, 1.54) is 6.07 Å². The average Bonchev–Trinajstić information content (AvgIpc) is 2.20. The van der Waals surface area contributed by atoms with Crippen LogP contribution in [0.1, 0.15) is 0 Å². The van der Waals surface area contributed by atoms with E-state index in [9.17, 15) is 4.79 Å². The molecule has 0 spiro atoms. The summed E-state index contributed by atoms with van der Waals surface area (Å²) in [5.41, 5.74) is 1.19. The largest absolute Gasteiger partial charge is 0.268 e. The van der Waals surface area contributed by atoms with Gasteiger partial charge in [0.15, 0.2) is 0 Å². The van der Waals surface area contributed by atoms with Crippen molar-refractivity contribution < 1.29 is 0 Å². The van der Waals surface area contributed by atoms with Gasteiger partial charge < -0.3 is 0 Å². The lowest BCUT2D eigenvalue weighted by atomic mass is 10.1. The van der Waals surface area contributed by atoms with Gasteiger partial charge in [0, 0.05) is 11.6 Å². The second kappa shape index (κ2) is 3.64. The quantitative estimate of drug-likeness (QED) is 0.773. The lowest BCUT2D eigenvalue weighted by molar-refractivity contribution is 0.995. The van der Waals surface area contributed by atoms with Crippen LogP contribution in [0.15, 0.2) is 35.1 Å². The van der Waals surface area contributed by atoms with Gasteiger partial charge in [-0.25, -0.2) is 5.10 Å². The molecule has 0 fully saturated rings. The van der Waals surface area contributed by atoms with Crippen molar-refractivity contribution >= 4 is 11.6 Å². The monoisotopic (exact) mass is 205 g/mol. The van der Waals surface area contributed by atoms with E-state index >= 15 is 0 Å². The Bertz CT molecular complexity index is 487. The molecule has 69 valence electrons. The first-order valence-electron chi connectivity index (χ1n) is 3.99. The predicted octanol–water partition coefficient (Wildman–Crippen LogP) is 1.89. The van der Waals surface area contributed by atoms with E-state index in [-0.39, 0.29) is 5.56 Å². The number of hydrogen-bond acceptors (Lipinski definition) is 2. The summed E-state index contributed by atoms with van der Waals surface area (Å²) in [4.78, 5) is 10.8. The van der Waals surface area contributed by atoms with Gasteiger partial charge in [0.2, 0.25) is 0 Å². The molecule has 0 bridgehead atoms. The van der Waals surface area contributed by atoms with E-state index in [0.717, 1.165) is 5.56 Å². The van der Waals surface area contributed by atoms with Crippen molar-refractivity contribution in [3.8, 4) is 11.3 Å². The molecule has 14 heavy (non-hydrogen) atoms. The van der Waals surface area contributed by atoms with E-state index in [2.05, 4.69) is 16.3 Å².